The Kier molecular flexibility index (Phi) is 9.85. The molecule has 0 radical (unpaired) electrons. The van der Waals surface area contributed by atoms with Gasteiger partial charge in [-0.05, 0) is 32.0 Å². The van der Waals surface area contributed by atoms with Gasteiger partial charge < -0.3 is 28.6 Å². The van der Waals surface area contributed by atoms with Gasteiger partial charge in [-0.3, -0.25) is 14.4 Å². The van der Waals surface area contributed by atoms with E-state index in [4.69, 9.17) is 14.2 Å². The van der Waals surface area contributed by atoms with Crippen LogP contribution in [0.25, 0.3) is 10.2 Å². The van der Waals surface area contributed by atoms with Gasteiger partial charge in [0.2, 0.25) is 5.91 Å². The Labute approximate surface area is 223 Å². The first-order chi connectivity index (χ1) is 18.1. The summed E-state index contributed by atoms with van der Waals surface area (Å²) in [6, 6.07) is 5.15. The van der Waals surface area contributed by atoms with Gasteiger partial charge >= 0.3 is 12.1 Å². The first kappa shape index (κ1) is 29.1. The molecule has 0 N–H and O–H groups in total. The number of ether oxygens (including phenoxy) is 3. The number of thiazole rings is 1. The van der Waals surface area contributed by atoms with Crippen molar-refractivity contribution in [3.63, 3.8) is 0 Å². The second-order valence-electron chi connectivity index (χ2n) is 8.21. The lowest BCUT2D eigenvalue weighted by Crippen LogP contribution is -2.52. The largest absolute Gasteiger partial charge is 0.494 e. The molecule has 208 valence electrons. The molecule has 0 bridgehead atoms. The van der Waals surface area contributed by atoms with Gasteiger partial charge in [0.05, 0.1) is 30.5 Å². The van der Waals surface area contributed by atoms with E-state index in [0.29, 0.717) is 22.6 Å². The van der Waals surface area contributed by atoms with Crippen LogP contribution >= 0.6 is 11.3 Å². The van der Waals surface area contributed by atoms with Crippen molar-refractivity contribution in [1.82, 2.24) is 14.4 Å². The third-order valence-electron chi connectivity index (χ3n) is 5.55. The topological polar surface area (TPSA) is 154 Å². The van der Waals surface area contributed by atoms with E-state index in [0.717, 1.165) is 11.3 Å². The molecular formula is C23H30N4O9S2. The summed E-state index contributed by atoms with van der Waals surface area (Å²) in [4.78, 5) is 55.8. The van der Waals surface area contributed by atoms with Crippen LogP contribution in [-0.4, -0.2) is 105 Å². The van der Waals surface area contributed by atoms with Gasteiger partial charge in [0.1, 0.15) is 23.8 Å². The number of methoxy groups -OCH3 is 1. The fraction of sp³-hybridized carbons (Fsp3) is 0.522. The number of hydrogen-bond acceptors (Lipinski definition) is 10. The van der Waals surface area contributed by atoms with Crippen molar-refractivity contribution < 1.29 is 41.8 Å². The minimum atomic E-state index is -4.13. The van der Waals surface area contributed by atoms with Crippen molar-refractivity contribution in [3.05, 3.63) is 23.0 Å². The molecule has 15 heteroatoms. The zero-order valence-electron chi connectivity index (χ0n) is 21.4. The second-order valence-corrected chi connectivity index (χ2v) is 11.3. The Balaban J connectivity index is 1.73. The normalized spacial score (nSPS) is 14.4. The molecule has 2 heterocycles. The Morgan fingerprint density at radius 1 is 1.00 bits per heavy atom. The molecule has 1 aliphatic rings. The number of carbonyl (C=O) groups is 4. The summed E-state index contributed by atoms with van der Waals surface area (Å²) in [5, 5.41) is 0. The Hall–Kier alpha value is -3.46. The maximum Gasteiger partial charge on any atom is 0.409 e. The number of carbonyl (C=O) groups excluding carboxylic acids is 4. The van der Waals surface area contributed by atoms with Gasteiger partial charge in [-0.15, -0.1) is 0 Å². The van der Waals surface area contributed by atoms with Crippen LogP contribution in [0.3, 0.4) is 0 Å². The molecule has 3 rings (SSSR count). The first-order valence-electron chi connectivity index (χ1n) is 11.9. The Morgan fingerprint density at radius 2 is 1.68 bits per heavy atom. The van der Waals surface area contributed by atoms with Gasteiger partial charge in [0, 0.05) is 26.2 Å². The number of piperazine rings is 1. The van der Waals surface area contributed by atoms with Gasteiger partial charge in [-0.2, -0.15) is 4.99 Å². The molecule has 0 saturated carbocycles. The molecular weight excluding hydrogens is 540 g/mol. The predicted octanol–water partition coefficient (Wildman–Crippen LogP) is 0.417. The van der Waals surface area contributed by atoms with E-state index in [2.05, 4.69) is 4.99 Å². The van der Waals surface area contributed by atoms with Crippen molar-refractivity contribution >= 4 is 55.3 Å². The van der Waals surface area contributed by atoms with Crippen LogP contribution in [0.15, 0.2) is 23.2 Å². The van der Waals surface area contributed by atoms with E-state index in [1.54, 1.807) is 25.1 Å². The van der Waals surface area contributed by atoms with Gasteiger partial charge in [0.25, 0.3) is 5.91 Å². The Bertz CT molecular complexity index is 1370. The lowest BCUT2D eigenvalue weighted by atomic mass is 10.3. The quantitative estimate of drug-likeness (QED) is 0.390. The fourth-order valence-corrected chi connectivity index (χ4v) is 5.93. The highest BCUT2D eigenvalue weighted by molar-refractivity contribution is 7.92. The molecule has 3 amide bonds. The SMILES string of the molecule is CCOC(=O)N1CCN(C(=O)CS(=O)(=O)CC(=O)N=c2sc3cc(OCC)ccc3n2CC(=O)OC)CC1. The van der Waals surface area contributed by atoms with Crippen molar-refractivity contribution in [2.75, 3.05) is 58.0 Å². The highest BCUT2D eigenvalue weighted by atomic mass is 32.2. The average molecular weight is 571 g/mol. The van der Waals surface area contributed by atoms with Crippen LogP contribution in [0.1, 0.15) is 13.8 Å². The average Bonchev–Trinajstić information content (AvgIpc) is 3.19. The van der Waals surface area contributed by atoms with Crippen LogP contribution in [0.5, 0.6) is 5.75 Å². The van der Waals surface area contributed by atoms with Crippen molar-refractivity contribution in [2.45, 2.75) is 20.4 Å². The standard InChI is InChI=1S/C23H30N4O9S2/c1-4-35-16-6-7-17-18(12-16)37-22(27(17)13-21(30)34-3)24-19(28)14-38(32,33)15-20(29)25-8-10-26(11-9-25)23(31)36-5-2/h6-7,12H,4-5,8-11,13-15H2,1-3H3. The number of benzene rings is 1. The van der Waals surface area contributed by atoms with Crippen LogP contribution < -0.4 is 9.54 Å². The van der Waals surface area contributed by atoms with Crippen molar-refractivity contribution in [1.29, 1.82) is 0 Å². The zero-order chi connectivity index (χ0) is 27.9. The number of amides is 3. The summed E-state index contributed by atoms with van der Waals surface area (Å²) in [5.41, 5.74) is 0.593. The van der Waals surface area contributed by atoms with Crippen LogP contribution in [0.4, 0.5) is 4.79 Å². The number of nitrogens with zero attached hydrogens (tertiary/aromatic N) is 4. The van der Waals surface area contributed by atoms with Gasteiger partial charge in [-0.1, -0.05) is 11.3 Å². The molecule has 1 aromatic carbocycles. The van der Waals surface area contributed by atoms with E-state index in [9.17, 15) is 27.6 Å². The van der Waals surface area contributed by atoms with Gasteiger partial charge in [0.15, 0.2) is 14.6 Å². The number of fused-ring (bicyclic) bond motifs is 1. The smallest absolute Gasteiger partial charge is 0.409 e. The molecule has 1 fully saturated rings. The van der Waals surface area contributed by atoms with E-state index >= 15 is 0 Å². The summed E-state index contributed by atoms with van der Waals surface area (Å²) in [6.07, 6.45) is -0.487. The summed E-state index contributed by atoms with van der Waals surface area (Å²) in [5.74, 6) is -3.45. The monoisotopic (exact) mass is 570 g/mol. The number of rotatable bonds is 9. The van der Waals surface area contributed by atoms with E-state index in [-0.39, 0.29) is 44.1 Å². The molecule has 0 atom stereocenters. The molecule has 1 aromatic heterocycles. The minimum absolute atomic E-state index is 0.112. The highest BCUT2D eigenvalue weighted by Crippen LogP contribution is 2.23. The van der Waals surface area contributed by atoms with E-state index in [1.807, 2.05) is 6.92 Å². The fourth-order valence-electron chi connectivity index (χ4n) is 3.75. The summed E-state index contributed by atoms with van der Waals surface area (Å²) in [7, 11) is -2.90. The zero-order valence-corrected chi connectivity index (χ0v) is 23.0. The summed E-state index contributed by atoms with van der Waals surface area (Å²) in [6.45, 7) is 4.72. The third kappa shape index (κ3) is 7.54. The van der Waals surface area contributed by atoms with Crippen molar-refractivity contribution in [2.24, 2.45) is 4.99 Å². The first-order valence-corrected chi connectivity index (χ1v) is 14.5. The van der Waals surface area contributed by atoms with Crippen LogP contribution in [0.2, 0.25) is 0 Å². The lowest BCUT2D eigenvalue weighted by molar-refractivity contribution is -0.141. The Morgan fingerprint density at radius 3 is 2.32 bits per heavy atom. The maximum absolute atomic E-state index is 12.6. The van der Waals surface area contributed by atoms with Crippen molar-refractivity contribution in [3.8, 4) is 5.75 Å². The molecule has 13 nitrogen and oxygen atoms in total. The van der Waals surface area contributed by atoms with Crippen LogP contribution in [0, 0.1) is 0 Å². The van der Waals surface area contributed by atoms with Crippen LogP contribution in [-0.2, 0) is 40.2 Å². The number of hydrogen-bond donors (Lipinski definition) is 0. The number of esters is 1. The van der Waals surface area contributed by atoms with Gasteiger partial charge in [-0.25, -0.2) is 13.2 Å². The summed E-state index contributed by atoms with van der Waals surface area (Å²) >= 11 is 1.09. The number of aromatic nitrogens is 1. The molecule has 0 unspecified atom stereocenters. The predicted molar refractivity (Wildman–Crippen MR) is 137 cm³/mol. The molecule has 0 spiro atoms. The second kappa shape index (κ2) is 12.9. The van der Waals surface area contributed by atoms with E-state index < -0.39 is 45.2 Å². The molecule has 1 aliphatic heterocycles. The molecule has 2 aromatic rings. The van der Waals surface area contributed by atoms with E-state index in [1.165, 1.54) is 21.5 Å². The number of sulfone groups is 1. The highest BCUT2D eigenvalue weighted by Gasteiger charge is 2.29. The summed E-state index contributed by atoms with van der Waals surface area (Å²) < 4.78 is 42.6. The molecule has 0 aliphatic carbocycles. The minimum Gasteiger partial charge on any atom is -0.494 e. The maximum atomic E-state index is 12.6. The lowest BCUT2D eigenvalue weighted by Gasteiger charge is -2.34. The molecule has 38 heavy (non-hydrogen) atoms. The molecule has 1 saturated heterocycles. The third-order valence-corrected chi connectivity index (χ3v) is 7.96.